The van der Waals surface area contributed by atoms with Crippen LogP contribution in [0.3, 0.4) is 0 Å². The summed E-state index contributed by atoms with van der Waals surface area (Å²) in [5, 5.41) is 0. The Hall–Kier alpha value is -1.02. The summed E-state index contributed by atoms with van der Waals surface area (Å²) in [5.74, 6) is -0.530. The van der Waals surface area contributed by atoms with Crippen molar-refractivity contribution in [1.29, 1.82) is 0 Å². The number of benzene rings is 1. The molecule has 0 saturated carbocycles. The molecule has 5 nitrogen and oxygen atoms in total. The zero-order chi connectivity index (χ0) is 16.4. The van der Waals surface area contributed by atoms with Crippen molar-refractivity contribution >= 4 is 10.0 Å². The summed E-state index contributed by atoms with van der Waals surface area (Å²) in [6, 6.07) is 5.51. The fourth-order valence-corrected chi connectivity index (χ4v) is 4.31. The van der Waals surface area contributed by atoms with E-state index in [0.717, 1.165) is 0 Å². The first kappa shape index (κ1) is 17.3. The highest BCUT2D eigenvalue weighted by Gasteiger charge is 2.38. The number of hydrogen-bond donors (Lipinski definition) is 0. The van der Waals surface area contributed by atoms with E-state index in [1.165, 1.54) is 28.6 Å². The molecule has 7 heteroatoms. The van der Waals surface area contributed by atoms with Crippen LogP contribution in [-0.2, 0) is 25.2 Å². The Morgan fingerprint density at radius 3 is 2.59 bits per heavy atom. The molecule has 0 unspecified atom stereocenters. The molecule has 0 aliphatic carbocycles. The smallest absolute Gasteiger partial charge is 0.218 e. The molecule has 1 fully saturated rings. The number of ether oxygens (including phenoxy) is 2. The van der Waals surface area contributed by atoms with E-state index in [4.69, 9.17) is 9.47 Å². The molecule has 1 aliphatic rings. The Bertz CT molecular complexity index is 600. The average Bonchev–Trinajstić information content (AvgIpc) is 2.40. The van der Waals surface area contributed by atoms with Crippen LogP contribution in [0.4, 0.5) is 4.39 Å². The monoisotopic (exact) mass is 331 g/mol. The summed E-state index contributed by atoms with van der Waals surface area (Å²) in [5.41, 5.74) is -0.00823. The summed E-state index contributed by atoms with van der Waals surface area (Å²) in [7, 11) is -1.94. The Morgan fingerprint density at radius 1 is 1.36 bits per heavy atom. The number of sulfonamides is 1. The quantitative estimate of drug-likeness (QED) is 0.825. The lowest BCUT2D eigenvalue weighted by Crippen LogP contribution is -2.55. The van der Waals surface area contributed by atoms with Crippen LogP contribution in [0.1, 0.15) is 19.4 Å². The lowest BCUT2D eigenvalue weighted by molar-refractivity contribution is -0.135. The van der Waals surface area contributed by atoms with Crippen molar-refractivity contribution in [3.05, 3.63) is 35.6 Å². The molecule has 0 spiro atoms. The molecule has 1 atom stereocenters. The number of methoxy groups -OCH3 is 1. The van der Waals surface area contributed by atoms with Gasteiger partial charge in [-0.05, 0) is 31.5 Å². The number of halogens is 1. The highest BCUT2D eigenvalue weighted by atomic mass is 32.2. The van der Waals surface area contributed by atoms with E-state index in [9.17, 15) is 12.8 Å². The van der Waals surface area contributed by atoms with Crippen molar-refractivity contribution in [2.45, 2.75) is 31.3 Å². The second kappa shape index (κ2) is 6.62. The van der Waals surface area contributed by atoms with E-state index in [2.05, 4.69) is 0 Å². The van der Waals surface area contributed by atoms with Crippen LogP contribution >= 0.6 is 0 Å². The third-order valence-electron chi connectivity index (χ3n) is 3.46. The van der Waals surface area contributed by atoms with Gasteiger partial charge in [-0.2, -0.15) is 4.31 Å². The van der Waals surface area contributed by atoms with Crippen LogP contribution in [0.15, 0.2) is 24.3 Å². The molecule has 1 aliphatic heterocycles. The number of morpholine rings is 1. The third-order valence-corrected chi connectivity index (χ3v) is 5.22. The van der Waals surface area contributed by atoms with E-state index in [1.54, 1.807) is 7.11 Å². The van der Waals surface area contributed by atoms with Crippen molar-refractivity contribution in [3.8, 4) is 0 Å². The molecular formula is C15H22FNO4S. The van der Waals surface area contributed by atoms with Gasteiger partial charge in [-0.3, -0.25) is 0 Å². The maximum atomic E-state index is 12.9. The van der Waals surface area contributed by atoms with Crippen LogP contribution in [-0.4, -0.2) is 51.2 Å². The molecule has 2 rings (SSSR count). The molecule has 0 amide bonds. The van der Waals surface area contributed by atoms with Gasteiger partial charge < -0.3 is 9.47 Å². The Labute approximate surface area is 131 Å². The highest BCUT2D eigenvalue weighted by molar-refractivity contribution is 7.88. The highest BCUT2D eigenvalue weighted by Crippen LogP contribution is 2.25. The normalized spacial score (nSPS) is 22.6. The summed E-state index contributed by atoms with van der Waals surface area (Å²) in [6.07, 6.45) is -0.295. The second-order valence-corrected chi connectivity index (χ2v) is 8.10. The van der Waals surface area contributed by atoms with Gasteiger partial charge in [0, 0.05) is 20.2 Å². The van der Waals surface area contributed by atoms with Crippen LogP contribution in [0.2, 0.25) is 0 Å². The third kappa shape index (κ3) is 4.49. The van der Waals surface area contributed by atoms with E-state index >= 15 is 0 Å². The van der Waals surface area contributed by atoms with Crippen LogP contribution < -0.4 is 0 Å². The maximum absolute atomic E-state index is 12.9. The topological polar surface area (TPSA) is 55.8 Å². The molecule has 1 heterocycles. The molecule has 124 valence electrons. The lowest BCUT2D eigenvalue weighted by Gasteiger charge is -2.41. The fraction of sp³-hybridized carbons (Fsp3) is 0.600. The molecule has 0 N–H and O–H groups in total. The maximum Gasteiger partial charge on any atom is 0.218 e. The second-order valence-electron chi connectivity index (χ2n) is 6.13. The van der Waals surface area contributed by atoms with Crippen molar-refractivity contribution in [2.24, 2.45) is 0 Å². The largest absolute Gasteiger partial charge is 0.382 e. The van der Waals surface area contributed by atoms with Gasteiger partial charge in [-0.25, -0.2) is 12.8 Å². The minimum Gasteiger partial charge on any atom is -0.382 e. The predicted molar refractivity (Wildman–Crippen MR) is 81.4 cm³/mol. The molecular weight excluding hydrogens is 309 g/mol. The van der Waals surface area contributed by atoms with Gasteiger partial charge in [0.25, 0.3) is 0 Å². The van der Waals surface area contributed by atoms with Gasteiger partial charge in [-0.1, -0.05) is 12.1 Å². The van der Waals surface area contributed by atoms with Crippen LogP contribution in [0.5, 0.6) is 0 Å². The van der Waals surface area contributed by atoms with Crippen molar-refractivity contribution < 1.29 is 22.3 Å². The number of nitrogens with zero attached hydrogens (tertiary/aromatic N) is 1. The minimum atomic E-state index is -3.50. The number of hydrogen-bond acceptors (Lipinski definition) is 4. The van der Waals surface area contributed by atoms with Gasteiger partial charge in [0.2, 0.25) is 10.0 Å². The van der Waals surface area contributed by atoms with Gasteiger partial charge in [0.1, 0.15) is 5.82 Å². The van der Waals surface area contributed by atoms with Crippen molar-refractivity contribution in [1.82, 2.24) is 4.31 Å². The SMILES string of the molecule is COC[C@H]1CN(S(=O)(=O)Cc2ccc(F)cc2)CC(C)(C)O1. The molecule has 1 saturated heterocycles. The van der Waals surface area contributed by atoms with E-state index in [0.29, 0.717) is 12.2 Å². The van der Waals surface area contributed by atoms with Crippen molar-refractivity contribution in [2.75, 3.05) is 26.8 Å². The summed E-state index contributed by atoms with van der Waals surface area (Å²) in [4.78, 5) is 0. The standard InChI is InChI=1S/C15H22FNO4S/c1-15(2)11-17(8-14(21-15)9-20-3)22(18,19)10-12-4-6-13(16)7-5-12/h4-7,14H,8-11H2,1-3H3/t14-/m1/s1. The zero-order valence-electron chi connectivity index (χ0n) is 13.1. The molecule has 0 radical (unpaired) electrons. The average molecular weight is 331 g/mol. The summed E-state index contributed by atoms with van der Waals surface area (Å²) < 4.78 is 50.5. The van der Waals surface area contributed by atoms with E-state index in [1.807, 2.05) is 13.8 Å². The predicted octanol–water partition coefficient (Wildman–Crippen LogP) is 1.78. The summed E-state index contributed by atoms with van der Waals surface area (Å²) >= 11 is 0. The lowest BCUT2D eigenvalue weighted by atomic mass is 10.1. The van der Waals surface area contributed by atoms with Crippen LogP contribution in [0, 0.1) is 5.82 Å². The first-order valence-corrected chi connectivity index (χ1v) is 8.72. The zero-order valence-corrected chi connectivity index (χ0v) is 13.9. The molecule has 1 aromatic rings. The van der Waals surface area contributed by atoms with Crippen molar-refractivity contribution in [3.63, 3.8) is 0 Å². The van der Waals surface area contributed by atoms with Crippen LogP contribution in [0.25, 0.3) is 0 Å². The molecule has 0 bridgehead atoms. The fourth-order valence-electron chi connectivity index (χ4n) is 2.61. The minimum absolute atomic E-state index is 0.150. The Morgan fingerprint density at radius 2 is 2.00 bits per heavy atom. The van der Waals surface area contributed by atoms with Gasteiger partial charge in [0.05, 0.1) is 24.1 Å². The molecule has 22 heavy (non-hydrogen) atoms. The van der Waals surface area contributed by atoms with E-state index < -0.39 is 15.6 Å². The first-order valence-electron chi connectivity index (χ1n) is 7.11. The van der Waals surface area contributed by atoms with E-state index in [-0.39, 0.29) is 30.8 Å². The Balaban J connectivity index is 2.14. The first-order chi connectivity index (χ1) is 10.2. The van der Waals surface area contributed by atoms with Gasteiger partial charge >= 0.3 is 0 Å². The van der Waals surface area contributed by atoms with Gasteiger partial charge in [0.15, 0.2) is 0 Å². The molecule has 1 aromatic carbocycles. The summed E-state index contributed by atoms with van der Waals surface area (Å²) in [6.45, 7) is 4.61. The molecule has 0 aromatic heterocycles. The van der Waals surface area contributed by atoms with Gasteiger partial charge in [-0.15, -0.1) is 0 Å². The Kier molecular flexibility index (Phi) is 5.21. The number of rotatable bonds is 5.